The smallest absolute Gasteiger partial charge is 0.248 e. The molecule has 17 heavy (non-hydrogen) atoms. The molecule has 0 saturated heterocycles. The van der Waals surface area contributed by atoms with Gasteiger partial charge in [0, 0.05) is 17.7 Å². The predicted molar refractivity (Wildman–Crippen MR) is 67.7 cm³/mol. The number of hydrogen-bond donors (Lipinski definition) is 2. The fourth-order valence-corrected chi connectivity index (χ4v) is 1.48. The molecule has 0 atom stereocenters. The quantitative estimate of drug-likeness (QED) is 0.741. The first-order valence-corrected chi connectivity index (χ1v) is 5.83. The minimum absolute atomic E-state index is 0.00488. The van der Waals surface area contributed by atoms with Crippen molar-refractivity contribution >= 4 is 17.5 Å². The summed E-state index contributed by atoms with van der Waals surface area (Å²) in [6.07, 6.45) is 3.60. The fourth-order valence-electron chi connectivity index (χ4n) is 1.48. The van der Waals surface area contributed by atoms with Crippen molar-refractivity contribution in [2.24, 2.45) is 5.73 Å². The number of benzene rings is 1. The molecule has 0 aliphatic rings. The molecule has 0 radical (unpaired) electrons. The summed E-state index contributed by atoms with van der Waals surface area (Å²) in [6.45, 7) is 2.10. The molecule has 0 heterocycles. The molecule has 0 bridgehead atoms. The minimum atomic E-state index is -0.467. The molecule has 0 aliphatic carbocycles. The third-order valence-corrected chi connectivity index (χ3v) is 2.46. The first-order valence-electron chi connectivity index (χ1n) is 5.83. The molecule has 0 aromatic heterocycles. The number of anilines is 1. The Kier molecular flexibility index (Phi) is 5.20. The van der Waals surface area contributed by atoms with Crippen LogP contribution in [0.25, 0.3) is 0 Å². The molecule has 4 heteroatoms. The molecule has 1 aromatic carbocycles. The highest BCUT2D eigenvalue weighted by molar-refractivity contribution is 5.94. The van der Waals surface area contributed by atoms with Crippen LogP contribution in [-0.4, -0.2) is 11.8 Å². The van der Waals surface area contributed by atoms with Gasteiger partial charge in [-0.15, -0.1) is 0 Å². The summed E-state index contributed by atoms with van der Waals surface area (Å²) in [5.74, 6) is -0.462. The Hall–Kier alpha value is -1.84. The second-order valence-corrected chi connectivity index (χ2v) is 3.95. The average Bonchev–Trinajstić information content (AvgIpc) is 2.30. The van der Waals surface area contributed by atoms with Gasteiger partial charge in [0.25, 0.3) is 0 Å². The Morgan fingerprint density at radius 2 is 1.82 bits per heavy atom. The SMILES string of the molecule is CCCCCC(=O)Nc1ccc(C(N)=O)cc1. The first kappa shape index (κ1) is 13.2. The number of amides is 2. The van der Waals surface area contributed by atoms with Gasteiger partial charge in [-0.05, 0) is 30.7 Å². The van der Waals surface area contributed by atoms with Crippen LogP contribution >= 0.6 is 0 Å². The fraction of sp³-hybridized carbons (Fsp3) is 0.385. The molecule has 0 fully saturated rings. The van der Waals surface area contributed by atoms with E-state index >= 15 is 0 Å². The Labute approximate surface area is 101 Å². The predicted octanol–water partition coefficient (Wildman–Crippen LogP) is 2.30. The van der Waals surface area contributed by atoms with E-state index in [4.69, 9.17) is 5.73 Å². The maximum Gasteiger partial charge on any atom is 0.248 e. The second-order valence-electron chi connectivity index (χ2n) is 3.95. The van der Waals surface area contributed by atoms with E-state index in [2.05, 4.69) is 12.2 Å². The monoisotopic (exact) mass is 234 g/mol. The highest BCUT2D eigenvalue weighted by Gasteiger charge is 2.03. The molecule has 2 amide bonds. The van der Waals surface area contributed by atoms with Crippen LogP contribution in [0.15, 0.2) is 24.3 Å². The zero-order valence-electron chi connectivity index (χ0n) is 10.0. The van der Waals surface area contributed by atoms with Gasteiger partial charge < -0.3 is 11.1 Å². The van der Waals surface area contributed by atoms with Gasteiger partial charge in [0.15, 0.2) is 0 Å². The van der Waals surface area contributed by atoms with Crippen molar-refractivity contribution in [3.63, 3.8) is 0 Å². The highest BCUT2D eigenvalue weighted by atomic mass is 16.1. The van der Waals surface area contributed by atoms with E-state index in [0.29, 0.717) is 17.7 Å². The van der Waals surface area contributed by atoms with Crippen LogP contribution in [-0.2, 0) is 4.79 Å². The zero-order valence-corrected chi connectivity index (χ0v) is 10.0. The number of primary amides is 1. The Balaban J connectivity index is 2.46. The van der Waals surface area contributed by atoms with Gasteiger partial charge in [0.05, 0.1) is 0 Å². The van der Waals surface area contributed by atoms with Crippen molar-refractivity contribution < 1.29 is 9.59 Å². The van der Waals surface area contributed by atoms with Crippen LogP contribution in [0, 0.1) is 0 Å². The van der Waals surface area contributed by atoms with Crippen molar-refractivity contribution in [2.45, 2.75) is 32.6 Å². The van der Waals surface area contributed by atoms with E-state index in [1.54, 1.807) is 24.3 Å². The number of rotatable bonds is 6. The molecule has 4 nitrogen and oxygen atoms in total. The van der Waals surface area contributed by atoms with Crippen LogP contribution in [0.4, 0.5) is 5.69 Å². The maximum absolute atomic E-state index is 11.5. The van der Waals surface area contributed by atoms with Crippen LogP contribution in [0.1, 0.15) is 43.0 Å². The zero-order chi connectivity index (χ0) is 12.7. The van der Waals surface area contributed by atoms with Crippen molar-refractivity contribution in [1.82, 2.24) is 0 Å². The van der Waals surface area contributed by atoms with Crippen molar-refractivity contribution in [3.05, 3.63) is 29.8 Å². The van der Waals surface area contributed by atoms with Crippen LogP contribution in [0.2, 0.25) is 0 Å². The number of unbranched alkanes of at least 4 members (excludes halogenated alkanes) is 2. The van der Waals surface area contributed by atoms with Gasteiger partial charge in [-0.2, -0.15) is 0 Å². The molecular weight excluding hydrogens is 216 g/mol. The van der Waals surface area contributed by atoms with Gasteiger partial charge in [0.1, 0.15) is 0 Å². The van der Waals surface area contributed by atoms with Crippen molar-refractivity contribution in [1.29, 1.82) is 0 Å². The second kappa shape index (κ2) is 6.68. The molecule has 0 saturated carbocycles. The summed E-state index contributed by atoms with van der Waals surface area (Å²) in [5.41, 5.74) is 6.25. The number of nitrogens with two attached hydrogens (primary N) is 1. The molecule has 1 rings (SSSR count). The van der Waals surface area contributed by atoms with E-state index in [9.17, 15) is 9.59 Å². The van der Waals surface area contributed by atoms with E-state index in [1.807, 2.05) is 0 Å². The molecule has 0 unspecified atom stereocenters. The van der Waals surface area contributed by atoms with E-state index in [-0.39, 0.29) is 5.91 Å². The number of carbonyl (C=O) groups is 2. The van der Waals surface area contributed by atoms with Gasteiger partial charge >= 0.3 is 0 Å². The summed E-state index contributed by atoms with van der Waals surface area (Å²) in [6, 6.07) is 6.56. The number of nitrogens with one attached hydrogen (secondary N) is 1. The molecular formula is C13H18N2O2. The lowest BCUT2D eigenvalue weighted by Crippen LogP contribution is -2.13. The topological polar surface area (TPSA) is 72.2 Å². The lowest BCUT2D eigenvalue weighted by Gasteiger charge is -2.05. The van der Waals surface area contributed by atoms with Gasteiger partial charge in [-0.1, -0.05) is 19.8 Å². The summed E-state index contributed by atoms with van der Waals surface area (Å²) in [7, 11) is 0. The summed E-state index contributed by atoms with van der Waals surface area (Å²) in [5, 5.41) is 2.78. The van der Waals surface area contributed by atoms with Crippen molar-refractivity contribution in [2.75, 3.05) is 5.32 Å². The number of hydrogen-bond acceptors (Lipinski definition) is 2. The van der Waals surface area contributed by atoms with Gasteiger partial charge in [-0.25, -0.2) is 0 Å². The lowest BCUT2D eigenvalue weighted by atomic mass is 10.2. The Morgan fingerprint density at radius 3 is 2.35 bits per heavy atom. The van der Waals surface area contributed by atoms with Crippen molar-refractivity contribution in [3.8, 4) is 0 Å². The van der Waals surface area contributed by atoms with E-state index in [0.717, 1.165) is 19.3 Å². The maximum atomic E-state index is 11.5. The molecule has 0 spiro atoms. The molecule has 3 N–H and O–H groups in total. The van der Waals surface area contributed by atoms with Gasteiger partial charge in [-0.3, -0.25) is 9.59 Å². The molecule has 1 aromatic rings. The number of carbonyl (C=O) groups excluding carboxylic acids is 2. The largest absolute Gasteiger partial charge is 0.366 e. The van der Waals surface area contributed by atoms with Gasteiger partial charge in [0.2, 0.25) is 11.8 Å². The Morgan fingerprint density at radius 1 is 1.18 bits per heavy atom. The van der Waals surface area contributed by atoms with Crippen LogP contribution < -0.4 is 11.1 Å². The summed E-state index contributed by atoms with van der Waals surface area (Å²) >= 11 is 0. The highest BCUT2D eigenvalue weighted by Crippen LogP contribution is 2.10. The minimum Gasteiger partial charge on any atom is -0.366 e. The Bertz CT molecular complexity index is 385. The third kappa shape index (κ3) is 4.68. The van der Waals surface area contributed by atoms with E-state index < -0.39 is 5.91 Å². The van der Waals surface area contributed by atoms with Crippen LogP contribution in [0.5, 0.6) is 0 Å². The molecule has 92 valence electrons. The van der Waals surface area contributed by atoms with E-state index in [1.165, 1.54) is 0 Å². The normalized spacial score (nSPS) is 9.94. The summed E-state index contributed by atoms with van der Waals surface area (Å²) in [4.78, 5) is 22.3. The standard InChI is InChI=1S/C13H18N2O2/c1-2-3-4-5-12(16)15-11-8-6-10(7-9-11)13(14)17/h6-9H,2-5H2,1H3,(H2,14,17)(H,15,16). The van der Waals surface area contributed by atoms with Crippen LogP contribution in [0.3, 0.4) is 0 Å². The first-order chi connectivity index (χ1) is 8.13. The lowest BCUT2D eigenvalue weighted by molar-refractivity contribution is -0.116. The molecule has 0 aliphatic heterocycles. The average molecular weight is 234 g/mol. The summed E-state index contributed by atoms with van der Waals surface area (Å²) < 4.78 is 0. The third-order valence-electron chi connectivity index (χ3n) is 2.46.